The number of rotatable bonds is 4. The van der Waals surface area contributed by atoms with Gasteiger partial charge in [0.25, 0.3) is 5.91 Å². The maximum absolute atomic E-state index is 12.9. The molecule has 1 aromatic rings. The SMILES string of the molecule is COc1cc(C(=O)N2CCN(C3CCNC3)CC2)cc(OC)c1C. The van der Waals surface area contributed by atoms with Gasteiger partial charge in [-0.2, -0.15) is 0 Å². The zero-order valence-electron chi connectivity index (χ0n) is 14.8. The first kappa shape index (κ1) is 17.0. The molecule has 6 nitrogen and oxygen atoms in total. The standard InChI is InChI=1S/C18H27N3O3/c1-13-16(23-2)10-14(11-17(13)24-3)18(22)21-8-6-20(7-9-21)15-4-5-19-12-15/h10-11,15,19H,4-9,12H2,1-3H3. The molecular formula is C18H27N3O3. The molecule has 0 radical (unpaired) electrons. The lowest BCUT2D eigenvalue weighted by atomic mass is 10.1. The van der Waals surface area contributed by atoms with E-state index in [1.165, 1.54) is 6.42 Å². The molecule has 0 spiro atoms. The van der Waals surface area contributed by atoms with Crippen LogP contribution in [0.15, 0.2) is 12.1 Å². The van der Waals surface area contributed by atoms with Crippen LogP contribution in [0.5, 0.6) is 11.5 Å². The maximum atomic E-state index is 12.9. The minimum atomic E-state index is 0.0517. The lowest BCUT2D eigenvalue weighted by Gasteiger charge is -2.37. The fourth-order valence-electron chi connectivity index (χ4n) is 3.63. The van der Waals surface area contributed by atoms with E-state index in [4.69, 9.17) is 9.47 Å². The highest BCUT2D eigenvalue weighted by atomic mass is 16.5. The minimum Gasteiger partial charge on any atom is -0.496 e. The molecule has 1 aromatic carbocycles. The Morgan fingerprint density at radius 3 is 2.25 bits per heavy atom. The predicted octanol–water partition coefficient (Wildman–Crippen LogP) is 1.13. The van der Waals surface area contributed by atoms with Crippen LogP contribution in [-0.4, -0.2) is 75.2 Å². The van der Waals surface area contributed by atoms with E-state index in [9.17, 15) is 4.79 Å². The molecule has 0 aliphatic carbocycles. The van der Waals surface area contributed by atoms with Crippen molar-refractivity contribution in [3.8, 4) is 11.5 Å². The summed E-state index contributed by atoms with van der Waals surface area (Å²) in [6.07, 6.45) is 1.21. The molecular weight excluding hydrogens is 306 g/mol. The summed E-state index contributed by atoms with van der Waals surface area (Å²) >= 11 is 0. The maximum Gasteiger partial charge on any atom is 0.254 e. The first-order chi connectivity index (χ1) is 11.6. The van der Waals surface area contributed by atoms with Gasteiger partial charge in [0.2, 0.25) is 0 Å². The van der Waals surface area contributed by atoms with E-state index < -0.39 is 0 Å². The van der Waals surface area contributed by atoms with Crippen LogP contribution in [-0.2, 0) is 0 Å². The van der Waals surface area contributed by atoms with Gasteiger partial charge in [-0.15, -0.1) is 0 Å². The van der Waals surface area contributed by atoms with Gasteiger partial charge < -0.3 is 19.7 Å². The summed E-state index contributed by atoms with van der Waals surface area (Å²) in [4.78, 5) is 17.3. The van der Waals surface area contributed by atoms with Gasteiger partial charge in [0.1, 0.15) is 11.5 Å². The van der Waals surface area contributed by atoms with Gasteiger partial charge in [0.15, 0.2) is 0 Å². The number of carbonyl (C=O) groups is 1. The van der Waals surface area contributed by atoms with E-state index in [-0.39, 0.29) is 5.91 Å². The van der Waals surface area contributed by atoms with E-state index in [1.807, 2.05) is 24.0 Å². The quantitative estimate of drug-likeness (QED) is 0.895. The van der Waals surface area contributed by atoms with Crippen LogP contribution in [0.2, 0.25) is 0 Å². The first-order valence-corrected chi connectivity index (χ1v) is 8.60. The fourth-order valence-corrected chi connectivity index (χ4v) is 3.63. The van der Waals surface area contributed by atoms with E-state index in [0.717, 1.165) is 44.8 Å². The lowest BCUT2D eigenvalue weighted by Crippen LogP contribution is -2.52. The second-order valence-corrected chi connectivity index (χ2v) is 6.48. The summed E-state index contributed by atoms with van der Waals surface area (Å²) in [6.45, 7) is 7.53. The Bertz CT molecular complexity index is 566. The van der Waals surface area contributed by atoms with Crippen molar-refractivity contribution in [2.45, 2.75) is 19.4 Å². The van der Waals surface area contributed by atoms with Gasteiger partial charge in [0.05, 0.1) is 14.2 Å². The Hall–Kier alpha value is -1.79. The summed E-state index contributed by atoms with van der Waals surface area (Å²) in [7, 11) is 3.23. The van der Waals surface area contributed by atoms with Gasteiger partial charge in [0, 0.05) is 49.9 Å². The highest BCUT2D eigenvalue weighted by Crippen LogP contribution is 2.30. The molecule has 2 heterocycles. The molecule has 1 atom stereocenters. The van der Waals surface area contributed by atoms with E-state index in [0.29, 0.717) is 23.1 Å². The number of benzene rings is 1. The molecule has 2 aliphatic heterocycles. The summed E-state index contributed by atoms with van der Waals surface area (Å²) in [5.41, 5.74) is 1.54. The highest BCUT2D eigenvalue weighted by molar-refractivity contribution is 5.95. The summed E-state index contributed by atoms with van der Waals surface area (Å²) in [5, 5.41) is 3.41. The zero-order chi connectivity index (χ0) is 17.1. The minimum absolute atomic E-state index is 0.0517. The van der Waals surface area contributed by atoms with Crippen LogP contribution < -0.4 is 14.8 Å². The second kappa shape index (κ2) is 7.40. The Morgan fingerprint density at radius 2 is 1.75 bits per heavy atom. The van der Waals surface area contributed by atoms with Crippen LogP contribution in [0.1, 0.15) is 22.3 Å². The van der Waals surface area contributed by atoms with Crippen molar-refractivity contribution in [3.05, 3.63) is 23.3 Å². The van der Waals surface area contributed by atoms with Crippen LogP contribution in [0.4, 0.5) is 0 Å². The molecule has 132 valence electrons. The lowest BCUT2D eigenvalue weighted by molar-refractivity contribution is 0.0583. The molecule has 1 amide bonds. The van der Waals surface area contributed by atoms with Gasteiger partial charge in [-0.05, 0) is 32.0 Å². The number of nitrogens with zero attached hydrogens (tertiary/aromatic N) is 2. The average Bonchev–Trinajstić information content (AvgIpc) is 3.16. The normalized spacial score (nSPS) is 21.8. The average molecular weight is 333 g/mol. The van der Waals surface area contributed by atoms with Crippen molar-refractivity contribution in [3.63, 3.8) is 0 Å². The largest absolute Gasteiger partial charge is 0.496 e. The van der Waals surface area contributed by atoms with Gasteiger partial charge in [-0.1, -0.05) is 0 Å². The van der Waals surface area contributed by atoms with Gasteiger partial charge in [-0.25, -0.2) is 0 Å². The van der Waals surface area contributed by atoms with Crippen molar-refractivity contribution >= 4 is 5.91 Å². The monoisotopic (exact) mass is 333 g/mol. The third kappa shape index (κ3) is 3.35. The fraction of sp³-hybridized carbons (Fsp3) is 0.611. The predicted molar refractivity (Wildman–Crippen MR) is 93.0 cm³/mol. The third-order valence-corrected chi connectivity index (χ3v) is 5.15. The van der Waals surface area contributed by atoms with Crippen molar-refractivity contribution in [2.75, 3.05) is 53.5 Å². The summed E-state index contributed by atoms with van der Waals surface area (Å²) in [5.74, 6) is 1.43. The Morgan fingerprint density at radius 1 is 1.12 bits per heavy atom. The summed E-state index contributed by atoms with van der Waals surface area (Å²) < 4.78 is 10.8. The van der Waals surface area contributed by atoms with E-state index >= 15 is 0 Å². The molecule has 0 bridgehead atoms. The molecule has 2 saturated heterocycles. The van der Waals surface area contributed by atoms with E-state index in [2.05, 4.69) is 10.2 Å². The molecule has 0 saturated carbocycles. The number of hydrogen-bond donors (Lipinski definition) is 1. The summed E-state index contributed by atoms with van der Waals surface area (Å²) in [6, 6.07) is 4.25. The van der Waals surface area contributed by atoms with E-state index in [1.54, 1.807) is 14.2 Å². The molecule has 2 fully saturated rings. The molecule has 3 rings (SSSR count). The van der Waals surface area contributed by atoms with Gasteiger partial charge in [-0.3, -0.25) is 9.69 Å². The number of piperazine rings is 1. The van der Waals surface area contributed by atoms with Gasteiger partial charge >= 0.3 is 0 Å². The smallest absolute Gasteiger partial charge is 0.254 e. The number of methoxy groups -OCH3 is 2. The molecule has 2 aliphatic rings. The van der Waals surface area contributed by atoms with Crippen molar-refractivity contribution in [1.82, 2.24) is 15.1 Å². The second-order valence-electron chi connectivity index (χ2n) is 6.48. The van der Waals surface area contributed by atoms with Crippen LogP contribution in [0.3, 0.4) is 0 Å². The molecule has 24 heavy (non-hydrogen) atoms. The van der Waals surface area contributed by atoms with Crippen LogP contribution in [0, 0.1) is 6.92 Å². The zero-order valence-corrected chi connectivity index (χ0v) is 14.8. The van der Waals surface area contributed by atoms with Crippen molar-refractivity contribution in [1.29, 1.82) is 0 Å². The number of carbonyl (C=O) groups excluding carboxylic acids is 1. The van der Waals surface area contributed by atoms with Crippen LogP contribution in [0.25, 0.3) is 0 Å². The number of amides is 1. The van der Waals surface area contributed by atoms with Crippen molar-refractivity contribution in [2.24, 2.45) is 0 Å². The first-order valence-electron chi connectivity index (χ1n) is 8.60. The Labute approximate surface area is 143 Å². The molecule has 6 heteroatoms. The molecule has 0 aromatic heterocycles. The Balaban J connectivity index is 1.69. The van der Waals surface area contributed by atoms with Crippen LogP contribution >= 0.6 is 0 Å². The number of ether oxygens (including phenoxy) is 2. The highest BCUT2D eigenvalue weighted by Gasteiger charge is 2.28. The topological polar surface area (TPSA) is 54.0 Å². The third-order valence-electron chi connectivity index (χ3n) is 5.15. The molecule has 1 unspecified atom stereocenters. The number of hydrogen-bond acceptors (Lipinski definition) is 5. The number of nitrogens with one attached hydrogen (secondary N) is 1. The Kier molecular flexibility index (Phi) is 5.26. The van der Waals surface area contributed by atoms with Crippen molar-refractivity contribution < 1.29 is 14.3 Å². The molecule has 1 N–H and O–H groups in total.